The quantitative estimate of drug-likeness (QED) is 0.527. The van der Waals surface area contributed by atoms with Gasteiger partial charge >= 0.3 is 0 Å². The third-order valence-electron chi connectivity index (χ3n) is 3.29. The molecular formula is C15H22ClN3O2. The van der Waals surface area contributed by atoms with E-state index in [9.17, 15) is 0 Å². The summed E-state index contributed by atoms with van der Waals surface area (Å²) in [6, 6.07) is 1.99. The summed E-state index contributed by atoms with van der Waals surface area (Å²) in [7, 11) is 1.68. The first-order chi connectivity index (χ1) is 10.2. The van der Waals surface area contributed by atoms with E-state index >= 15 is 0 Å². The number of unbranched alkanes of at least 4 members (excludes halogenated alkanes) is 1. The number of rotatable bonds is 9. The van der Waals surface area contributed by atoms with Gasteiger partial charge in [-0.25, -0.2) is 4.98 Å². The molecule has 2 aromatic rings. The molecule has 0 saturated heterocycles. The summed E-state index contributed by atoms with van der Waals surface area (Å²) in [5, 5.41) is -0.115. The van der Waals surface area contributed by atoms with Crippen molar-refractivity contribution in [3.8, 4) is 0 Å². The average Bonchev–Trinajstić information content (AvgIpc) is 2.85. The van der Waals surface area contributed by atoms with Gasteiger partial charge in [0.2, 0.25) is 0 Å². The number of methoxy groups -OCH3 is 1. The predicted octanol–water partition coefficient (Wildman–Crippen LogP) is 3.17. The number of ether oxygens (including phenoxy) is 2. The summed E-state index contributed by atoms with van der Waals surface area (Å²) in [5.74, 6) is 0.903. The molecule has 0 bridgehead atoms. The van der Waals surface area contributed by atoms with Crippen molar-refractivity contribution in [2.75, 3.05) is 26.9 Å². The predicted molar refractivity (Wildman–Crippen MR) is 83.7 cm³/mol. The van der Waals surface area contributed by atoms with E-state index in [-0.39, 0.29) is 5.38 Å². The van der Waals surface area contributed by atoms with Gasteiger partial charge in [-0.3, -0.25) is 4.98 Å². The van der Waals surface area contributed by atoms with Crippen molar-refractivity contribution in [2.45, 2.75) is 31.7 Å². The molecule has 0 radical (unpaired) electrons. The number of pyridine rings is 1. The molecule has 1 atom stereocenters. The lowest BCUT2D eigenvalue weighted by atomic mass is 10.3. The molecule has 0 aliphatic heterocycles. The molecule has 0 saturated carbocycles. The summed E-state index contributed by atoms with van der Waals surface area (Å²) < 4.78 is 12.6. The number of alkyl halides is 1. The van der Waals surface area contributed by atoms with Crippen molar-refractivity contribution in [3.05, 3.63) is 24.3 Å². The molecule has 2 aromatic heterocycles. The zero-order chi connectivity index (χ0) is 15.1. The minimum Gasteiger partial charge on any atom is -0.382 e. The van der Waals surface area contributed by atoms with Crippen LogP contribution < -0.4 is 0 Å². The first-order valence-corrected chi connectivity index (χ1v) is 7.68. The SMILES string of the molecule is COCCOCCCCn1c(C(C)Cl)nc2cnccc21. The summed E-state index contributed by atoms with van der Waals surface area (Å²) >= 11 is 6.23. The first kappa shape index (κ1) is 16.2. The lowest BCUT2D eigenvalue weighted by Gasteiger charge is -2.10. The second-order valence-electron chi connectivity index (χ2n) is 4.91. The van der Waals surface area contributed by atoms with Crippen LogP contribution in [0.2, 0.25) is 0 Å². The van der Waals surface area contributed by atoms with Crippen LogP contribution in [0.15, 0.2) is 18.5 Å². The largest absolute Gasteiger partial charge is 0.382 e. The maximum atomic E-state index is 6.23. The number of hydrogen-bond acceptors (Lipinski definition) is 4. The maximum Gasteiger partial charge on any atom is 0.127 e. The lowest BCUT2D eigenvalue weighted by Crippen LogP contribution is -2.07. The molecule has 5 nitrogen and oxygen atoms in total. The molecule has 6 heteroatoms. The van der Waals surface area contributed by atoms with Gasteiger partial charge in [-0.05, 0) is 25.8 Å². The Morgan fingerprint density at radius 1 is 1.29 bits per heavy atom. The Kier molecular flexibility index (Phi) is 6.42. The highest BCUT2D eigenvalue weighted by molar-refractivity contribution is 6.20. The third-order valence-corrected chi connectivity index (χ3v) is 3.48. The average molecular weight is 312 g/mol. The molecule has 0 spiro atoms. The Bertz CT molecular complexity index is 557. The summed E-state index contributed by atoms with van der Waals surface area (Å²) in [6.07, 6.45) is 5.60. The minimum absolute atomic E-state index is 0.115. The van der Waals surface area contributed by atoms with Crippen molar-refractivity contribution in [2.24, 2.45) is 0 Å². The number of hydrogen-bond donors (Lipinski definition) is 0. The van der Waals surface area contributed by atoms with Crippen LogP contribution in [-0.2, 0) is 16.0 Å². The Labute approximate surface area is 130 Å². The van der Waals surface area contributed by atoms with Crippen molar-refractivity contribution in [1.82, 2.24) is 14.5 Å². The summed E-state index contributed by atoms with van der Waals surface area (Å²) in [4.78, 5) is 8.69. The molecule has 2 heterocycles. The Morgan fingerprint density at radius 2 is 2.14 bits per heavy atom. The Balaban J connectivity index is 1.93. The van der Waals surface area contributed by atoms with Crippen molar-refractivity contribution in [1.29, 1.82) is 0 Å². The van der Waals surface area contributed by atoms with E-state index < -0.39 is 0 Å². The molecule has 0 aliphatic carbocycles. The van der Waals surface area contributed by atoms with Gasteiger partial charge in [0, 0.05) is 26.5 Å². The number of halogens is 1. The Morgan fingerprint density at radius 3 is 2.90 bits per heavy atom. The Hall–Kier alpha value is -1.17. The van der Waals surface area contributed by atoms with Crippen molar-refractivity contribution < 1.29 is 9.47 Å². The standard InChI is InChI=1S/C15H22ClN3O2/c1-12(16)15-18-13-11-17-6-5-14(13)19(15)7-3-4-8-21-10-9-20-2/h5-6,11-12H,3-4,7-10H2,1-2H3. The van der Waals surface area contributed by atoms with E-state index in [1.807, 2.05) is 13.0 Å². The highest BCUT2D eigenvalue weighted by atomic mass is 35.5. The van der Waals surface area contributed by atoms with Crippen LogP contribution in [0.25, 0.3) is 11.0 Å². The number of fused-ring (bicyclic) bond motifs is 1. The van der Waals surface area contributed by atoms with Gasteiger partial charge < -0.3 is 14.0 Å². The molecule has 0 aromatic carbocycles. The first-order valence-electron chi connectivity index (χ1n) is 7.25. The van der Waals surface area contributed by atoms with E-state index in [1.54, 1.807) is 19.5 Å². The molecule has 0 aliphatic rings. The fourth-order valence-corrected chi connectivity index (χ4v) is 2.42. The number of aromatic nitrogens is 3. The molecule has 21 heavy (non-hydrogen) atoms. The van der Waals surface area contributed by atoms with Gasteiger partial charge in [-0.15, -0.1) is 11.6 Å². The van der Waals surface area contributed by atoms with Gasteiger partial charge in [0.1, 0.15) is 11.3 Å². The zero-order valence-electron chi connectivity index (χ0n) is 12.6. The number of aryl methyl sites for hydroxylation is 1. The molecule has 0 fully saturated rings. The highest BCUT2D eigenvalue weighted by Crippen LogP contribution is 2.24. The highest BCUT2D eigenvalue weighted by Gasteiger charge is 2.14. The minimum atomic E-state index is -0.115. The van der Waals surface area contributed by atoms with Crippen LogP contribution >= 0.6 is 11.6 Å². The second-order valence-corrected chi connectivity index (χ2v) is 5.57. The van der Waals surface area contributed by atoms with Crippen LogP contribution in [0.4, 0.5) is 0 Å². The molecule has 2 rings (SSSR count). The molecule has 0 amide bonds. The van der Waals surface area contributed by atoms with E-state index in [2.05, 4.69) is 14.5 Å². The van der Waals surface area contributed by atoms with Gasteiger partial charge in [0.05, 0.1) is 30.3 Å². The van der Waals surface area contributed by atoms with E-state index in [4.69, 9.17) is 21.1 Å². The zero-order valence-corrected chi connectivity index (χ0v) is 13.3. The van der Waals surface area contributed by atoms with Gasteiger partial charge in [0.25, 0.3) is 0 Å². The van der Waals surface area contributed by atoms with Crippen LogP contribution in [0.3, 0.4) is 0 Å². The van der Waals surface area contributed by atoms with E-state index in [0.29, 0.717) is 13.2 Å². The van der Waals surface area contributed by atoms with Crippen molar-refractivity contribution >= 4 is 22.6 Å². The van der Waals surface area contributed by atoms with E-state index in [1.165, 1.54) is 0 Å². The van der Waals surface area contributed by atoms with Crippen LogP contribution in [0.1, 0.15) is 31.0 Å². The van der Waals surface area contributed by atoms with Gasteiger partial charge in [-0.1, -0.05) is 0 Å². The monoisotopic (exact) mass is 311 g/mol. The fraction of sp³-hybridized carbons (Fsp3) is 0.600. The fourth-order valence-electron chi connectivity index (χ4n) is 2.26. The lowest BCUT2D eigenvalue weighted by molar-refractivity contribution is 0.0684. The van der Waals surface area contributed by atoms with Crippen LogP contribution in [-0.4, -0.2) is 41.5 Å². The molecule has 1 unspecified atom stereocenters. The van der Waals surface area contributed by atoms with Gasteiger partial charge in [0.15, 0.2) is 0 Å². The number of imidazole rings is 1. The molecule has 0 N–H and O–H groups in total. The molecule has 116 valence electrons. The van der Waals surface area contributed by atoms with Crippen molar-refractivity contribution in [3.63, 3.8) is 0 Å². The maximum absolute atomic E-state index is 6.23. The normalized spacial score (nSPS) is 12.9. The van der Waals surface area contributed by atoms with Crippen LogP contribution in [0, 0.1) is 0 Å². The third kappa shape index (κ3) is 4.40. The summed E-state index contributed by atoms with van der Waals surface area (Å²) in [5.41, 5.74) is 1.99. The van der Waals surface area contributed by atoms with Crippen LogP contribution in [0.5, 0.6) is 0 Å². The molecular weight excluding hydrogens is 290 g/mol. The van der Waals surface area contributed by atoms with E-state index in [0.717, 1.165) is 42.9 Å². The number of nitrogens with zero attached hydrogens (tertiary/aromatic N) is 3. The second kappa shape index (κ2) is 8.32. The smallest absolute Gasteiger partial charge is 0.127 e. The summed E-state index contributed by atoms with van der Waals surface area (Å²) in [6.45, 7) is 4.89. The van der Waals surface area contributed by atoms with Gasteiger partial charge in [-0.2, -0.15) is 0 Å². The topological polar surface area (TPSA) is 49.2 Å².